The van der Waals surface area contributed by atoms with Gasteiger partial charge < -0.3 is 19.3 Å². The Morgan fingerprint density at radius 1 is 1.00 bits per heavy atom. The van der Waals surface area contributed by atoms with Crippen molar-refractivity contribution in [3.63, 3.8) is 0 Å². The Labute approximate surface area is 228 Å². The maximum Gasteiger partial charge on any atom is 0.341 e. The first-order chi connectivity index (χ1) is 19.2. The SMILES string of the molecule is COc1cc(C(c2c(C)n(C)n(-c3ccccc3)c2=O)C2C(=O)Oc3ccccc3C2=O)ccc1OCC(=O)O. The van der Waals surface area contributed by atoms with Crippen molar-refractivity contribution in [1.29, 1.82) is 0 Å². The molecule has 1 aliphatic rings. The lowest BCUT2D eigenvalue weighted by Gasteiger charge is -2.29. The highest BCUT2D eigenvalue weighted by Gasteiger charge is 2.45. The minimum absolute atomic E-state index is 0.154. The molecule has 0 saturated heterocycles. The number of carbonyl (C=O) groups is 3. The second-order valence-electron chi connectivity index (χ2n) is 9.30. The number of rotatable bonds is 8. The zero-order valence-electron chi connectivity index (χ0n) is 22.0. The monoisotopic (exact) mass is 542 g/mol. The molecule has 10 nitrogen and oxygen atoms in total. The zero-order valence-corrected chi connectivity index (χ0v) is 22.0. The largest absolute Gasteiger partial charge is 0.493 e. The van der Waals surface area contributed by atoms with Crippen LogP contribution in [-0.4, -0.2) is 45.9 Å². The third-order valence-corrected chi connectivity index (χ3v) is 7.04. The Balaban J connectivity index is 1.73. The molecule has 1 N–H and O–H groups in total. The van der Waals surface area contributed by atoms with Crippen LogP contribution < -0.4 is 19.8 Å². The Hall–Kier alpha value is -5.12. The van der Waals surface area contributed by atoms with Crippen molar-refractivity contribution in [3.8, 4) is 22.9 Å². The topological polar surface area (TPSA) is 126 Å². The quantitative estimate of drug-likeness (QED) is 0.204. The van der Waals surface area contributed by atoms with Crippen LogP contribution in [0.15, 0.2) is 77.6 Å². The van der Waals surface area contributed by atoms with E-state index in [9.17, 15) is 19.2 Å². The first-order valence-corrected chi connectivity index (χ1v) is 12.4. The summed E-state index contributed by atoms with van der Waals surface area (Å²) >= 11 is 0. The van der Waals surface area contributed by atoms with Gasteiger partial charge in [0.1, 0.15) is 11.7 Å². The van der Waals surface area contributed by atoms with Crippen LogP contribution in [0.1, 0.15) is 33.1 Å². The molecular formula is C30H26N2O8. The van der Waals surface area contributed by atoms with E-state index in [0.29, 0.717) is 16.9 Å². The fourth-order valence-electron chi connectivity index (χ4n) is 5.10. The van der Waals surface area contributed by atoms with Gasteiger partial charge in [0.2, 0.25) is 0 Å². The number of carboxylic acids is 1. The summed E-state index contributed by atoms with van der Waals surface area (Å²) < 4.78 is 19.5. The van der Waals surface area contributed by atoms with Gasteiger partial charge in [0, 0.05) is 24.2 Å². The number of methoxy groups -OCH3 is 1. The van der Waals surface area contributed by atoms with E-state index in [1.807, 2.05) is 6.07 Å². The van der Waals surface area contributed by atoms with Gasteiger partial charge in [-0.15, -0.1) is 0 Å². The molecule has 0 spiro atoms. The molecule has 0 aliphatic carbocycles. The van der Waals surface area contributed by atoms with Crippen LogP contribution in [0.4, 0.5) is 0 Å². The highest BCUT2D eigenvalue weighted by atomic mass is 16.5. The number of ether oxygens (including phenoxy) is 3. The van der Waals surface area contributed by atoms with E-state index in [-0.39, 0.29) is 28.4 Å². The highest BCUT2D eigenvalue weighted by molar-refractivity contribution is 6.14. The molecule has 2 heterocycles. The number of benzene rings is 3. The van der Waals surface area contributed by atoms with Gasteiger partial charge in [-0.2, -0.15) is 0 Å². The molecule has 0 amide bonds. The normalized spacial score (nSPS) is 15.2. The maximum absolute atomic E-state index is 14.1. The maximum atomic E-state index is 14.1. The van der Waals surface area contributed by atoms with E-state index < -0.39 is 41.7 Å². The number of Topliss-reactive ketones (excluding diaryl/α,β-unsaturated/α-hetero) is 1. The number of esters is 1. The lowest BCUT2D eigenvalue weighted by molar-refractivity contribution is -0.140. The molecule has 2 unspecified atom stereocenters. The summed E-state index contributed by atoms with van der Waals surface area (Å²) in [7, 11) is 3.11. The van der Waals surface area contributed by atoms with Crippen LogP contribution in [-0.2, 0) is 16.6 Å². The summed E-state index contributed by atoms with van der Waals surface area (Å²) in [5.41, 5.74) is 1.65. The number of ketones is 1. The fraction of sp³-hybridized carbons (Fsp3) is 0.200. The van der Waals surface area contributed by atoms with E-state index in [4.69, 9.17) is 19.3 Å². The summed E-state index contributed by atoms with van der Waals surface area (Å²) in [5.74, 6) is -4.36. The summed E-state index contributed by atoms with van der Waals surface area (Å²) in [4.78, 5) is 52.4. The summed E-state index contributed by atoms with van der Waals surface area (Å²) in [5, 5.41) is 9.03. The molecule has 1 aromatic heterocycles. The molecular weight excluding hydrogens is 516 g/mol. The molecule has 0 saturated carbocycles. The number of aliphatic carboxylic acids is 1. The number of para-hydroxylation sites is 2. The number of hydrogen-bond acceptors (Lipinski definition) is 7. The van der Waals surface area contributed by atoms with Crippen molar-refractivity contribution in [2.75, 3.05) is 13.7 Å². The molecule has 10 heteroatoms. The van der Waals surface area contributed by atoms with Gasteiger partial charge in [-0.1, -0.05) is 36.4 Å². The van der Waals surface area contributed by atoms with Crippen LogP contribution in [0, 0.1) is 12.8 Å². The third-order valence-electron chi connectivity index (χ3n) is 7.04. The number of fused-ring (bicyclic) bond motifs is 1. The van der Waals surface area contributed by atoms with E-state index in [1.54, 1.807) is 79.3 Å². The van der Waals surface area contributed by atoms with Gasteiger partial charge in [0.25, 0.3) is 5.56 Å². The van der Waals surface area contributed by atoms with Crippen LogP contribution in [0.25, 0.3) is 5.69 Å². The molecule has 3 aromatic carbocycles. The standard InChI is InChI=1S/C30H26N2O8/c1-17-25(29(36)32(31(17)2)19-9-5-4-6-10-19)26(18-13-14-22(23(15-18)38-3)39-16-24(33)34)27-28(35)20-11-7-8-12-21(20)40-30(27)37/h4-15,26-27H,16H2,1-3H3,(H,33,34). The van der Waals surface area contributed by atoms with Crippen molar-refractivity contribution >= 4 is 17.7 Å². The zero-order chi connectivity index (χ0) is 28.6. The summed E-state index contributed by atoms with van der Waals surface area (Å²) in [6, 6.07) is 20.1. The van der Waals surface area contributed by atoms with E-state index in [0.717, 1.165) is 0 Å². The van der Waals surface area contributed by atoms with Crippen LogP contribution in [0.2, 0.25) is 0 Å². The predicted octanol–water partition coefficient (Wildman–Crippen LogP) is 3.51. The van der Waals surface area contributed by atoms with Crippen LogP contribution in [0.5, 0.6) is 17.2 Å². The van der Waals surface area contributed by atoms with Crippen LogP contribution >= 0.6 is 0 Å². The lowest BCUT2D eigenvalue weighted by Crippen LogP contribution is -2.39. The number of nitrogens with zero attached hydrogens (tertiary/aromatic N) is 2. The fourth-order valence-corrected chi connectivity index (χ4v) is 5.10. The van der Waals surface area contributed by atoms with Crippen molar-refractivity contribution in [1.82, 2.24) is 9.36 Å². The number of carbonyl (C=O) groups excluding carboxylic acids is 2. The summed E-state index contributed by atoms with van der Waals surface area (Å²) in [6.07, 6.45) is 0. The molecule has 0 bridgehead atoms. The lowest BCUT2D eigenvalue weighted by atomic mass is 9.76. The van der Waals surface area contributed by atoms with Crippen molar-refractivity contribution in [2.45, 2.75) is 12.8 Å². The Kier molecular flexibility index (Phi) is 7.00. The second kappa shape index (κ2) is 10.6. The van der Waals surface area contributed by atoms with E-state index in [2.05, 4.69) is 0 Å². The number of carboxylic acid groups (broad SMARTS) is 1. The Bertz CT molecular complexity index is 1690. The van der Waals surface area contributed by atoms with E-state index in [1.165, 1.54) is 17.9 Å². The van der Waals surface area contributed by atoms with E-state index >= 15 is 0 Å². The average molecular weight is 543 g/mol. The van der Waals surface area contributed by atoms with Crippen molar-refractivity contribution < 1.29 is 33.7 Å². The highest BCUT2D eigenvalue weighted by Crippen LogP contribution is 2.42. The molecule has 204 valence electrons. The Morgan fingerprint density at radius 2 is 1.70 bits per heavy atom. The first kappa shape index (κ1) is 26.5. The summed E-state index contributed by atoms with van der Waals surface area (Å²) in [6.45, 7) is 1.15. The minimum Gasteiger partial charge on any atom is -0.493 e. The van der Waals surface area contributed by atoms with Crippen molar-refractivity contribution in [2.24, 2.45) is 13.0 Å². The second-order valence-corrected chi connectivity index (χ2v) is 9.30. The van der Waals surface area contributed by atoms with Gasteiger partial charge in [-0.3, -0.25) is 19.1 Å². The van der Waals surface area contributed by atoms with Gasteiger partial charge >= 0.3 is 11.9 Å². The smallest absolute Gasteiger partial charge is 0.341 e. The molecule has 0 radical (unpaired) electrons. The molecule has 2 atom stereocenters. The van der Waals surface area contributed by atoms with Gasteiger partial charge in [0.15, 0.2) is 23.9 Å². The molecule has 1 aliphatic heterocycles. The van der Waals surface area contributed by atoms with Gasteiger partial charge in [-0.05, 0) is 48.9 Å². The first-order valence-electron chi connectivity index (χ1n) is 12.4. The number of aromatic nitrogens is 2. The average Bonchev–Trinajstić information content (AvgIpc) is 3.17. The Morgan fingerprint density at radius 3 is 2.40 bits per heavy atom. The number of hydrogen-bond donors (Lipinski definition) is 1. The minimum atomic E-state index is -1.37. The van der Waals surface area contributed by atoms with Crippen LogP contribution in [0.3, 0.4) is 0 Å². The molecule has 5 rings (SSSR count). The molecule has 0 fully saturated rings. The third kappa shape index (κ3) is 4.53. The predicted molar refractivity (Wildman–Crippen MR) is 144 cm³/mol. The van der Waals surface area contributed by atoms with Gasteiger partial charge in [0.05, 0.1) is 18.4 Å². The van der Waals surface area contributed by atoms with Crippen molar-refractivity contribution in [3.05, 3.63) is 106 Å². The van der Waals surface area contributed by atoms with Gasteiger partial charge in [-0.25, -0.2) is 9.48 Å². The molecule has 40 heavy (non-hydrogen) atoms. The molecule has 4 aromatic rings.